The van der Waals surface area contributed by atoms with E-state index in [1.807, 2.05) is 6.92 Å². The highest BCUT2D eigenvalue weighted by Gasteiger charge is 2.19. The van der Waals surface area contributed by atoms with Gasteiger partial charge in [-0.3, -0.25) is 14.9 Å². The minimum atomic E-state index is -0.315. The third-order valence-electron chi connectivity index (χ3n) is 4.87. The van der Waals surface area contributed by atoms with E-state index in [0.29, 0.717) is 28.3 Å². The fourth-order valence-electron chi connectivity index (χ4n) is 3.44. The lowest BCUT2D eigenvalue weighted by molar-refractivity contribution is 0.102. The molecule has 0 bridgehead atoms. The van der Waals surface area contributed by atoms with Crippen LogP contribution in [0.25, 0.3) is 16.9 Å². The van der Waals surface area contributed by atoms with Crippen LogP contribution in [0.1, 0.15) is 29.0 Å². The molecule has 5 rings (SSSR count). The molecule has 10 heteroatoms. The number of amides is 1. The average Bonchev–Trinajstić information content (AvgIpc) is 3.46. The fourth-order valence-corrected chi connectivity index (χ4v) is 3.44. The Morgan fingerprint density at radius 1 is 1.17 bits per heavy atom. The first-order valence-electron chi connectivity index (χ1n) is 9.42. The van der Waals surface area contributed by atoms with Crippen LogP contribution in [-0.4, -0.2) is 53.8 Å². The van der Waals surface area contributed by atoms with Gasteiger partial charge in [-0.05, 0) is 25.8 Å². The van der Waals surface area contributed by atoms with Crippen LogP contribution in [0.2, 0.25) is 0 Å². The quantitative estimate of drug-likeness (QED) is 0.549. The highest BCUT2D eigenvalue weighted by atomic mass is 16.1. The van der Waals surface area contributed by atoms with E-state index in [1.54, 1.807) is 41.4 Å². The van der Waals surface area contributed by atoms with E-state index in [-0.39, 0.29) is 5.91 Å². The number of hydrogen-bond acceptors (Lipinski definition) is 7. The number of H-pyrrole nitrogens is 1. The summed E-state index contributed by atoms with van der Waals surface area (Å²) in [7, 11) is 0. The summed E-state index contributed by atoms with van der Waals surface area (Å²) < 4.78 is 1.72. The van der Waals surface area contributed by atoms with Crippen molar-refractivity contribution in [2.45, 2.75) is 19.8 Å². The van der Waals surface area contributed by atoms with Crippen LogP contribution >= 0.6 is 0 Å². The molecule has 1 aliphatic rings. The molecule has 0 unspecified atom stereocenters. The largest absolute Gasteiger partial charge is 0.340 e. The van der Waals surface area contributed by atoms with Gasteiger partial charge in [0.1, 0.15) is 5.69 Å². The van der Waals surface area contributed by atoms with Crippen molar-refractivity contribution in [3.05, 3.63) is 48.3 Å². The summed E-state index contributed by atoms with van der Waals surface area (Å²) in [6.07, 6.45) is 8.95. The van der Waals surface area contributed by atoms with Crippen LogP contribution in [-0.2, 0) is 0 Å². The number of pyridine rings is 1. The van der Waals surface area contributed by atoms with Gasteiger partial charge in [0.05, 0.1) is 29.3 Å². The smallest absolute Gasteiger partial charge is 0.274 e. The van der Waals surface area contributed by atoms with Crippen molar-refractivity contribution in [2.75, 3.05) is 23.3 Å². The van der Waals surface area contributed by atoms with Crippen LogP contribution in [0.3, 0.4) is 0 Å². The predicted octanol–water partition coefficient (Wildman–Crippen LogP) is 2.07. The number of carbonyl (C=O) groups is 1. The van der Waals surface area contributed by atoms with Gasteiger partial charge in [0.2, 0.25) is 5.95 Å². The van der Waals surface area contributed by atoms with Crippen LogP contribution < -0.4 is 10.2 Å². The predicted molar refractivity (Wildman–Crippen MR) is 107 cm³/mol. The molecule has 1 saturated heterocycles. The van der Waals surface area contributed by atoms with Crippen LogP contribution in [0, 0.1) is 6.92 Å². The SMILES string of the molecule is Cc1cncc(-c2cn[nH]c2C(=O)Nc2ccn3nc(N4CCCC4)nc3c2)n1. The molecule has 0 radical (unpaired) electrons. The average molecular weight is 389 g/mol. The Morgan fingerprint density at radius 2 is 2.03 bits per heavy atom. The summed E-state index contributed by atoms with van der Waals surface area (Å²) in [5.41, 5.74) is 3.58. The molecular formula is C19H19N9O. The number of hydrogen-bond donors (Lipinski definition) is 2. The summed E-state index contributed by atoms with van der Waals surface area (Å²) in [4.78, 5) is 28.1. The molecule has 146 valence electrons. The van der Waals surface area contributed by atoms with E-state index in [9.17, 15) is 4.79 Å². The van der Waals surface area contributed by atoms with Crippen LogP contribution in [0.5, 0.6) is 0 Å². The molecule has 0 aliphatic carbocycles. The van der Waals surface area contributed by atoms with Crippen molar-refractivity contribution in [1.29, 1.82) is 0 Å². The maximum atomic E-state index is 12.8. The van der Waals surface area contributed by atoms with Crippen molar-refractivity contribution in [2.24, 2.45) is 0 Å². The Labute approximate surface area is 166 Å². The maximum Gasteiger partial charge on any atom is 0.274 e. The van der Waals surface area contributed by atoms with Crippen LogP contribution in [0.4, 0.5) is 11.6 Å². The van der Waals surface area contributed by atoms with E-state index in [1.165, 1.54) is 0 Å². The molecule has 29 heavy (non-hydrogen) atoms. The van der Waals surface area contributed by atoms with E-state index in [0.717, 1.165) is 37.6 Å². The van der Waals surface area contributed by atoms with Gasteiger partial charge in [0, 0.05) is 37.2 Å². The van der Waals surface area contributed by atoms with E-state index in [2.05, 4.69) is 40.5 Å². The van der Waals surface area contributed by atoms with Crippen molar-refractivity contribution in [1.82, 2.24) is 34.8 Å². The number of aromatic nitrogens is 7. The van der Waals surface area contributed by atoms with E-state index in [4.69, 9.17) is 0 Å². The van der Waals surface area contributed by atoms with E-state index >= 15 is 0 Å². The Morgan fingerprint density at radius 3 is 2.86 bits per heavy atom. The van der Waals surface area contributed by atoms with Gasteiger partial charge in [-0.2, -0.15) is 10.1 Å². The molecular weight excluding hydrogens is 370 g/mol. The zero-order valence-corrected chi connectivity index (χ0v) is 15.8. The van der Waals surface area contributed by atoms with Crippen molar-refractivity contribution < 1.29 is 4.79 Å². The molecule has 0 spiro atoms. The first-order valence-corrected chi connectivity index (χ1v) is 9.42. The van der Waals surface area contributed by atoms with E-state index < -0.39 is 0 Å². The first-order chi connectivity index (χ1) is 14.2. The lowest BCUT2D eigenvalue weighted by atomic mass is 10.1. The molecule has 4 aromatic rings. The number of nitrogens with one attached hydrogen (secondary N) is 2. The molecule has 1 fully saturated rings. The number of rotatable bonds is 4. The number of carbonyl (C=O) groups excluding carboxylic acids is 1. The zero-order chi connectivity index (χ0) is 19.8. The standard InChI is InChI=1S/C19H19N9O/c1-12-9-20-11-15(22-12)14-10-21-25-17(14)18(29)23-13-4-7-28-16(8-13)24-19(26-28)27-5-2-3-6-27/h4,7-11H,2-3,5-6H2,1H3,(H,21,25)(H,23,29). The highest BCUT2D eigenvalue weighted by molar-refractivity contribution is 6.07. The zero-order valence-electron chi connectivity index (χ0n) is 15.8. The maximum absolute atomic E-state index is 12.8. The van der Waals surface area contributed by atoms with Crippen molar-refractivity contribution in [3.63, 3.8) is 0 Å². The Balaban J connectivity index is 1.40. The Kier molecular flexibility index (Phi) is 4.15. The summed E-state index contributed by atoms with van der Waals surface area (Å²) >= 11 is 0. The molecule has 0 saturated carbocycles. The lowest BCUT2D eigenvalue weighted by Gasteiger charge is -2.10. The fraction of sp³-hybridized carbons (Fsp3) is 0.263. The third-order valence-corrected chi connectivity index (χ3v) is 4.87. The summed E-state index contributed by atoms with van der Waals surface area (Å²) in [5.74, 6) is 0.407. The second-order valence-corrected chi connectivity index (χ2v) is 6.98. The third kappa shape index (κ3) is 3.28. The Hall–Kier alpha value is -3.82. The molecule has 1 amide bonds. The molecule has 0 aromatic carbocycles. The Bertz CT molecular complexity index is 1190. The van der Waals surface area contributed by atoms with Gasteiger partial charge in [0.15, 0.2) is 5.65 Å². The number of aromatic amines is 1. The van der Waals surface area contributed by atoms with Gasteiger partial charge in [-0.25, -0.2) is 9.50 Å². The van der Waals surface area contributed by atoms with Crippen molar-refractivity contribution in [3.8, 4) is 11.3 Å². The van der Waals surface area contributed by atoms with Crippen LogP contribution in [0.15, 0.2) is 36.9 Å². The van der Waals surface area contributed by atoms with Gasteiger partial charge in [-0.15, -0.1) is 5.10 Å². The van der Waals surface area contributed by atoms with Gasteiger partial charge in [0.25, 0.3) is 5.91 Å². The molecule has 10 nitrogen and oxygen atoms in total. The van der Waals surface area contributed by atoms with Gasteiger partial charge >= 0.3 is 0 Å². The summed E-state index contributed by atoms with van der Waals surface area (Å²) in [5, 5.41) is 14.2. The molecule has 1 aliphatic heterocycles. The van der Waals surface area contributed by atoms with Gasteiger partial charge in [-0.1, -0.05) is 0 Å². The number of aryl methyl sites for hydroxylation is 1. The minimum absolute atomic E-state index is 0.315. The minimum Gasteiger partial charge on any atom is -0.340 e. The molecule has 2 N–H and O–H groups in total. The lowest BCUT2D eigenvalue weighted by Crippen LogP contribution is -2.19. The number of anilines is 2. The molecule has 0 atom stereocenters. The summed E-state index contributed by atoms with van der Waals surface area (Å²) in [6, 6.07) is 3.59. The molecule has 5 heterocycles. The highest BCUT2D eigenvalue weighted by Crippen LogP contribution is 2.22. The summed E-state index contributed by atoms with van der Waals surface area (Å²) in [6.45, 7) is 3.80. The monoisotopic (exact) mass is 389 g/mol. The molecule has 4 aromatic heterocycles. The first kappa shape index (κ1) is 17.3. The van der Waals surface area contributed by atoms with Gasteiger partial charge < -0.3 is 10.2 Å². The topological polar surface area (TPSA) is 117 Å². The normalized spacial score (nSPS) is 13.9. The number of nitrogens with zero attached hydrogens (tertiary/aromatic N) is 7. The number of fused-ring (bicyclic) bond motifs is 1. The second-order valence-electron chi connectivity index (χ2n) is 6.98. The van der Waals surface area contributed by atoms with Crippen molar-refractivity contribution >= 4 is 23.2 Å². The second kappa shape index (κ2) is 6.97.